The Bertz CT molecular complexity index is 1040. The van der Waals surface area contributed by atoms with Crippen LogP contribution in [0.2, 0.25) is 0 Å². The fraction of sp³-hybridized carbons (Fsp3) is 0.925. The van der Waals surface area contributed by atoms with Gasteiger partial charge in [-0.15, -0.1) is 0 Å². The summed E-state index contributed by atoms with van der Waals surface area (Å²) in [5, 5.41) is 23.2. The quantitative estimate of drug-likeness (QED) is 0.0420. The third-order valence-electron chi connectivity index (χ3n) is 15.7. The Kier molecular flexibility index (Phi) is 62.2. The molecule has 0 aromatic carbocycles. The van der Waals surface area contributed by atoms with Crippen LogP contribution in [-0.4, -0.2) is 34.9 Å². The highest BCUT2D eigenvalue weighted by atomic mass is 16.3. The summed E-state index contributed by atoms with van der Waals surface area (Å²) in [6, 6.07) is -0.637. The molecule has 0 aromatic heterocycles. The third kappa shape index (κ3) is 59.6. The van der Waals surface area contributed by atoms with Gasteiger partial charge in [0.1, 0.15) is 0 Å². The van der Waals surface area contributed by atoms with E-state index in [0.29, 0.717) is 6.42 Å². The molecule has 0 saturated carbocycles. The molecule has 2 unspecified atom stereocenters. The first-order valence-electron chi connectivity index (χ1n) is 33.1. The lowest BCUT2D eigenvalue weighted by Gasteiger charge is -2.19. The molecule has 3 N–H and O–H groups in total. The zero-order chi connectivity index (χ0) is 51.3. The van der Waals surface area contributed by atoms with Gasteiger partial charge in [-0.1, -0.05) is 366 Å². The van der Waals surface area contributed by atoms with Gasteiger partial charge in [-0.05, 0) is 32.1 Å². The number of rotatable bonds is 62. The average molecular weight is 999 g/mol. The van der Waals surface area contributed by atoms with E-state index in [1.54, 1.807) is 6.08 Å². The molecule has 0 aliphatic carbocycles. The highest BCUT2D eigenvalue weighted by Gasteiger charge is 2.18. The van der Waals surface area contributed by atoms with Crippen molar-refractivity contribution in [1.82, 2.24) is 5.32 Å². The lowest BCUT2D eigenvalue weighted by molar-refractivity contribution is -0.123. The number of allylic oxidation sites excluding steroid dienone is 3. The van der Waals surface area contributed by atoms with E-state index in [1.807, 2.05) is 6.08 Å². The predicted octanol–water partition coefficient (Wildman–Crippen LogP) is 22.2. The number of unbranched alkanes of at least 4 members (excludes halogenated alkanes) is 53. The van der Waals surface area contributed by atoms with Gasteiger partial charge < -0.3 is 15.5 Å². The van der Waals surface area contributed by atoms with Crippen LogP contribution in [0.3, 0.4) is 0 Å². The maximum atomic E-state index is 12.5. The minimum Gasteiger partial charge on any atom is -0.394 e. The van der Waals surface area contributed by atoms with Gasteiger partial charge in [-0.3, -0.25) is 4.79 Å². The Morgan fingerprint density at radius 3 is 0.817 bits per heavy atom. The van der Waals surface area contributed by atoms with Crippen LogP contribution in [-0.2, 0) is 4.79 Å². The Morgan fingerprint density at radius 1 is 0.324 bits per heavy atom. The monoisotopic (exact) mass is 998 g/mol. The summed E-state index contributed by atoms with van der Waals surface area (Å²) >= 11 is 0. The molecule has 0 aromatic rings. The van der Waals surface area contributed by atoms with Gasteiger partial charge in [0.15, 0.2) is 0 Å². The second kappa shape index (κ2) is 63.2. The fourth-order valence-corrected chi connectivity index (χ4v) is 10.7. The van der Waals surface area contributed by atoms with Crippen molar-refractivity contribution >= 4 is 5.91 Å². The molecule has 0 saturated heterocycles. The first-order chi connectivity index (χ1) is 35.2. The van der Waals surface area contributed by atoms with Crippen LogP contribution in [0.25, 0.3) is 0 Å². The van der Waals surface area contributed by atoms with Gasteiger partial charge in [-0.2, -0.15) is 0 Å². The fourth-order valence-electron chi connectivity index (χ4n) is 10.7. The number of hydrogen-bond donors (Lipinski definition) is 3. The molecule has 0 radical (unpaired) electrons. The van der Waals surface area contributed by atoms with Crippen molar-refractivity contribution < 1.29 is 15.0 Å². The topological polar surface area (TPSA) is 69.6 Å². The number of aliphatic hydroxyl groups is 2. The zero-order valence-electron chi connectivity index (χ0n) is 48.8. The number of aliphatic hydroxyl groups excluding tert-OH is 2. The summed E-state index contributed by atoms with van der Waals surface area (Å²) in [6.07, 6.45) is 85.4. The SMILES string of the molecule is CCCCCCCCCCCCCCCCCCCCCCCC/C=C/CC/C=C/C(O)C(CO)NC(=O)CCCCCCCCCCCCCCCCCCCCCCCCCCCCCCCCC. The van der Waals surface area contributed by atoms with E-state index < -0.39 is 12.1 Å². The normalized spacial score (nSPS) is 12.8. The van der Waals surface area contributed by atoms with Crippen LogP contribution in [0.15, 0.2) is 24.3 Å². The molecule has 0 heterocycles. The van der Waals surface area contributed by atoms with E-state index in [9.17, 15) is 15.0 Å². The molecule has 71 heavy (non-hydrogen) atoms. The van der Waals surface area contributed by atoms with Crippen LogP contribution >= 0.6 is 0 Å². The Labute approximate surface area is 447 Å². The molecule has 0 aliphatic rings. The van der Waals surface area contributed by atoms with Crippen molar-refractivity contribution in [3.05, 3.63) is 24.3 Å². The van der Waals surface area contributed by atoms with Crippen LogP contribution in [0, 0.1) is 0 Å². The van der Waals surface area contributed by atoms with E-state index >= 15 is 0 Å². The standard InChI is InChI=1S/C67H131NO3/c1-3-5-7-9-11-13-15-17-19-21-23-25-27-29-31-33-34-35-37-39-41-43-45-47-49-51-53-55-57-59-61-63-67(71)68-65(64-69)66(70)62-60-58-56-54-52-50-48-46-44-42-40-38-36-32-30-28-26-24-22-20-18-16-14-12-10-8-6-4-2/h52,54,60,62,65-66,69-70H,3-51,53,55-59,61,63-64H2,1-2H3,(H,68,71)/b54-52+,62-60+. The van der Waals surface area contributed by atoms with Gasteiger partial charge in [-0.25, -0.2) is 0 Å². The summed E-state index contributed by atoms with van der Waals surface area (Å²) in [6.45, 7) is 4.35. The van der Waals surface area contributed by atoms with Crippen molar-refractivity contribution in [2.45, 2.75) is 392 Å². The van der Waals surface area contributed by atoms with Gasteiger partial charge >= 0.3 is 0 Å². The highest BCUT2D eigenvalue weighted by Crippen LogP contribution is 2.19. The molecule has 4 heteroatoms. The summed E-state index contributed by atoms with van der Waals surface area (Å²) in [4.78, 5) is 12.5. The van der Waals surface area contributed by atoms with Gasteiger partial charge in [0.25, 0.3) is 0 Å². The number of amides is 1. The average Bonchev–Trinajstić information content (AvgIpc) is 3.37. The van der Waals surface area contributed by atoms with Crippen molar-refractivity contribution in [3.8, 4) is 0 Å². The number of hydrogen-bond acceptors (Lipinski definition) is 3. The Morgan fingerprint density at radius 2 is 0.549 bits per heavy atom. The van der Waals surface area contributed by atoms with E-state index in [0.717, 1.165) is 32.1 Å². The lowest BCUT2D eigenvalue weighted by atomic mass is 10.0. The predicted molar refractivity (Wildman–Crippen MR) is 318 cm³/mol. The molecule has 0 bridgehead atoms. The Balaban J connectivity index is 3.44. The second-order valence-corrected chi connectivity index (χ2v) is 22.9. The maximum absolute atomic E-state index is 12.5. The molecule has 4 nitrogen and oxygen atoms in total. The summed E-state index contributed by atoms with van der Waals surface area (Å²) in [5.41, 5.74) is 0. The van der Waals surface area contributed by atoms with Crippen LogP contribution < -0.4 is 5.32 Å². The lowest BCUT2D eigenvalue weighted by Crippen LogP contribution is -2.45. The van der Waals surface area contributed by atoms with E-state index in [2.05, 4.69) is 31.3 Å². The minimum atomic E-state index is -0.861. The van der Waals surface area contributed by atoms with Crippen molar-refractivity contribution in [2.75, 3.05) is 6.61 Å². The van der Waals surface area contributed by atoms with Crippen LogP contribution in [0.5, 0.6) is 0 Å². The molecule has 2 atom stereocenters. The molecule has 1 amide bonds. The van der Waals surface area contributed by atoms with E-state index in [1.165, 1.54) is 327 Å². The number of nitrogens with one attached hydrogen (secondary N) is 1. The zero-order valence-corrected chi connectivity index (χ0v) is 48.8. The number of carbonyl (C=O) groups excluding carboxylic acids is 1. The van der Waals surface area contributed by atoms with Crippen LogP contribution in [0.1, 0.15) is 380 Å². The second-order valence-electron chi connectivity index (χ2n) is 22.9. The van der Waals surface area contributed by atoms with E-state index in [4.69, 9.17) is 0 Å². The van der Waals surface area contributed by atoms with Gasteiger partial charge in [0, 0.05) is 6.42 Å². The smallest absolute Gasteiger partial charge is 0.220 e. The van der Waals surface area contributed by atoms with E-state index in [-0.39, 0.29) is 12.5 Å². The molecular formula is C67H131NO3. The minimum absolute atomic E-state index is 0.0646. The first-order valence-corrected chi connectivity index (χ1v) is 33.1. The van der Waals surface area contributed by atoms with Crippen molar-refractivity contribution in [1.29, 1.82) is 0 Å². The molecular weight excluding hydrogens is 867 g/mol. The summed E-state index contributed by atoms with van der Waals surface area (Å²) in [5.74, 6) is -0.0646. The molecule has 0 rings (SSSR count). The van der Waals surface area contributed by atoms with Gasteiger partial charge in [0.05, 0.1) is 18.8 Å². The molecule has 0 aliphatic heterocycles. The maximum Gasteiger partial charge on any atom is 0.220 e. The molecule has 0 spiro atoms. The largest absolute Gasteiger partial charge is 0.394 e. The summed E-state index contributed by atoms with van der Waals surface area (Å²) < 4.78 is 0. The Hall–Kier alpha value is -1.13. The molecule has 422 valence electrons. The van der Waals surface area contributed by atoms with Crippen LogP contribution in [0.4, 0.5) is 0 Å². The summed E-state index contributed by atoms with van der Waals surface area (Å²) in [7, 11) is 0. The van der Waals surface area contributed by atoms with Crippen molar-refractivity contribution in [2.24, 2.45) is 0 Å². The number of carbonyl (C=O) groups is 1. The van der Waals surface area contributed by atoms with Crippen molar-refractivity contribution in [3.63, 3.8) is 0 Å². The first kappa shape index (κ1) is 69.9. The highest BCUT2D eigenvalue weighted by molar-refractivity contribution is 5.76. The van der Waals surface area contributed by atoms with Gasteiger partial charge in [0.2, 0.25) is 5.91 Å². The third-order valence-corrected chi connectivity index (χ3v) is 15.7. The molecule has 0 fully saturated rings.